The van der Waals surface area contributed by atoms with E-state index < -0.39 is 5.97 Å². The van der Waals surface area contributed by atoms with E-state index in [2.05, 4.69) is 5.32 Å². The van der Waals surface area contributed by atoms with Crippen molar-refractivity contribution in [3.05, 3.63) is 35.9 Å². The molecule has 1 amide bonds. The van der Waals surface area contributed by atoms with Gasteiger partial charge in [0.1, 0.15) is 0 Å². The molecule has 0 aromatic heterocycles. The van der Waals surface area contributed by atoms with Crippen LogP contribution in [0.4, 0.5) is 0 Å². The van der Waals surface area contributed by atoms with Crippen molar-refractivity contribution in [3.8, 4) is 0 Å². The molecule has 1 saturated heterocycles. The van der Waals surface area contributed by atoms with Crippen LogP contribution in [-0.2, 0) is 9.59 Å². The summed E-state index contributed by atoms with van der Waals surface area (Å²) in [5.74, 6) is -1.17. The first-order valence-corrected chi connectivity index (χ1v) is 7.35. The second-order valence-corrected chi connectivity index (χ2v) is 5.61. The molecule has 2 rings (SSSR count). The molecule has 2 N–H and O–H groups in total. The van der Waals surface area contributed by atoms with Crippen LogP contribution < -0.4 is 5.32 Å². The minimum atomic E-state index is -0.766. The van der Waals surface area contributed by atoms with Gasteiger partial charge in [-0.15, -0.1) is 0 Å². The zero-order chi connectivity index (χ0) is 15.2. The van der Waals surface area contributed by atoms with Crippen LogP contribution in [0.1, 0.15) is 31.4 Å². The highest BCUT2D eigenvalue weighted by Crippen LogP contribution is 2.16. The van der Waals surface area contributed by atoms with Crippen molar-refractivity contribution >= 4 is 11.9 Å². The van der Waals surface area contributed by atoms with Crippen molar-refractivity contribution in [3.63, 3.8) is 0 Å². The lowest BCUT2D eigenvalue weighted by Gasteiger charge is -2.30. The van der Waals surface area contributed by atoms with Crippen LogP contribution in [0.15, 0.2) is 30.3 Å². The van der Waals surface area contributed by atoms with Gasteiger partial charge >= 0.3 is 5.97 Å². The van der Waals surface area contributed by atoms with Gasteiger partial charge in [-0.2, -0.15) is 0 Å². The van der Waals surface area contributed by atoms with Gasteiger partial charge in [0.25, 0.3) is 0 Å². The molecular formula is C16H22N2O3. The maximum Gasteiger partial charge on any atom is 0.307 e. The molecule has 1 aliphatic rings. The summed E-state index contributed by atoms with van der Waals surface area (Å²) in [5, 5.41) is 12.0. The molecule has 0 aliphatic carbocycles. The van der Waals surface area contributed by atoms with E-state index in [0.29, 0.717) is 13.0 Å². The van der Waals surface area contributed by atoms with Gasteiger partial charge in [-0.3, -0.25) is 14.5 Å². The van der Waals surface area contributed by atoms with Crippen molar-refractivity contribution in [1.29, 1.82) is 0 Å². The number of aliphatic carboxylic acids is 1. The molecule has 0 bridgehead atoms. The van der Waals surface area contributed by atoms with E-state index in [9.17, 15) is 9.59 Å². The number of rotatable bonds is 5. The second kappa shape index (κ2) is 7.22. The summed E-state index contributed by atoms with van der Waals surface area (Å²) >= 11 is 0. The fourth-order valence-electron chi connectivity index (χ4n) is 2.72. The Morgan fingerprint density at radius 2 is 2.10 bits per heavy atom. The Balaban J connectivity index is 1.83. The monoisotopic (exact) mass is 290 g/mol. The van der Waals surface area contributed by atoms with Crippen LogP contribution in [0.5, 0.6) is 0 Å². The summed E-state index contributed by atoms with van der Waals surface area (Å²) in [6, 6.07) is 9.75. The summed E-state index contributed by atoms with van der Waals surface area (Å²) in [6.07, 6.45) is 1.53. The maximum absolute atomic E-state index is 12.1. The molecule has 0 spiro atoms. The Kier molecular flexibility index (Phi) is 5.33. The molecule has 5 heteroatoms. The van der Waals surface area contributed by atoms with Crippen molar-refractivity contribution in [2.24, 2.45) is 5.92 Å². The molecule has 1 aromatic carbocycles. The highest BCUT2D eigenvalue weighted by atomic mass is 16.4. The lowest BCUT2D eigenvalue weighted by Crippen LogP contribution is -2.44. The fraction of sp³-hybridized carbons (Fsp3) is 0.500. The first-order valence-electron chi connectivity index (χ1n) is 7.35. The summed E-state index contributed by atoms with van der Waals surface area (Å²) in [6.45, 7) is 3.46. The van der Waals surface area contributed by atoms with Gasteiger partial charge in [0.2, 0.25) is 5.91 Å². The third kappa shape index (κ3) is 4.56. The molecule has 5 nitrogen and oxygen atoms in total. The largest absolute Gasteiger partial charge is 0.481 e. The molecule has 1 heterocycles. The summed E-state index contributed by atoms with van der Waals surface area (Å²) < 4.78 is 0. The molecule has 1 aromatic rings. The third-order valence-corrected chi connectivity index (χ3v) is 3.90. The van der Waals surface area contributed by atoms with Gasteiger partial charge in [0, 0.05) is 6.54 Å². The molecular weight excluding hydrogens is 268 g/mol. The number of amides is 1. The summed E-state index contributed by atoms with van der Waals surface area (Å²) in [4.78, 5) is 25.0. The first-order chi connectivity index (χ1) is 10.1. The Morgan fingerprint density at radius 1 is 1.38 bits per heavy atom. The molecule has 0 radical (unpaired) electrons. The molecule has 2 atom stereocenters. The van der Waals surface area contributed by atoms with Gasteiger partial charge in [-0.25, -0.2) is 0 Å². The van der Waals surface area contributed by atoms with E-state index in [0.717, 1.165) is 18.5 Å². The zero-order valence-electron chi connectivity index (χ0n) is 12.3. The van der Waals surface area contributed by atoms with E-state index in [1.54, 1.807) is 0 Å². The molecule has 0 saturated carbocycles. The average Bonchev–Trinajstić information content (AvgIpc) is 2.48. The Morgan fingerprint density at radius 3 is 2.76 bits per heavy atom. The number of carboxylic acid groups (broad SMARTS) is 1. The minimum Gasteiger partial charge on any atom is -0.481 e. The summed E-state index contributed by atoms with van der Waals surface area (Å²) in [5.41, 5.74) is 1.06. The molecule has 21 heavy (non-hydrogen) atoms. The predicted molar refractivity (Wildman–Crippen MR) is 79.8 cm³/mol. The van der Waals surface area contributed by atoms with Gasteiger partial charge in [0.15, 0.2) is 0 Å². The molecule has 1 aliphatic heterocycles. The van der Waals surface area contributed by atoms with Crippen molar-refractivity contribution < 1.29 is 14.7 Å². The van der Waals surface area contributed by atoms with Crippen LogP contribution in [0, 0.1) is 5.92 Å². The standard InChI is InChI=1S/C16H22N2O3/c1-12(13-6-3-2-4-7-13)17-15(19)11-18-9-5-8-14(10-18)16(20)21/h2-4,6-7,12,14H,5,8-11H2,1H3,(H,17,19)(H,20,21). The predicted octanol–water partition coefficient (Wildman–Crippen LogP) is 1.66. The Bertz CT molecular complexity index is 490. The van der Waals surface area contributed by atoms with Crippen LogP contribution in [-0.4, -0.2) is 41.5 Å². The average molecular weight is 290 g/mol. The lowest BCUT2D eigenvalue weighted by atomic mass is 9.98. The molecule has 2 unspecified atom stereocenters. The maximum atomic E-state index is 12.1. The van der Waals surface area contributed by atoms with Crippen molar-refractivity contribution in [2.75, 3.05) is 19.6 Å². The van der Waals surface area contributed by atoms with E-state index in [4.69, 9.17) is 5.11 Å². The summed E-state index contributed by atoms with van der Waals surface area (Å²) in [7, 11) is 0. The second-order valence-electron chi connectivity index (χ2n) is 5.61. The Labute approximate surface area is 125 Å². The smallest absolute Gasteiger partial charge is 0.307 e. The number of likely N-dealkylation sites (tertiary alicyclic amines) is 1. The quantitative estimate of drug-likeness (QED) is 0.865. The number of nitrogens with one attached hydrogen (secondary N) is 1. The first kappa shape index (κ1) is 15.5. The topological polar surface area (TPSA) is 69.6 Å². The van der Waals surface area contributed by atoms with Gasteiger partial charge in [0.05, 0.1) is 18.5 Å². The number of piperidine rings is 1. The van der Waals surface area contributed by atoms with Gasteiger partial charge in [-0.05, 0) is 31.9 Å². The van der Waals surface area contributed by atoms with Crippen LogP contribution in [0.2, 0.25) is 0 Å². The normalized spacial score (nSPS) is 20.7. The van der Waals surface area contributed by atoms with E-state index in [-0.39, 0.29) is 24.4 Å². The van der Waals surface area contributed by atoms with E-state index in [1.807, 2.05) is 42.2 Å². The number of hydrogen-bond acceptors (Lipinski definition) is 3. The number of carbonyl (C=O) groups excluding carboxylic acids is 1. The highest BCUT2D eigenvalue weighted by molar-refractivity contribution is 5.78. The van der Waals surface area contributed by atoms with Crippen LogP contribution in [0.3, 0.4) is 0 Å². The number of carboxylic acids is 1. The third-order valence-electron chi connectivity index (χ3n) is 3.90. The molecule has 1 fully saturated rings. The fourth-order valence-corrected chi connectivity index (χ4v) is 2.72. The Hall–Kier alpha value is -1.88. The number of carbonyl (C=O) groups is 2. The lowest BCUT2D eigenvalue weighted by molar-refractivity contribution is -0.144. The zero-order valence-corrected chi connectivity index (χ0v) is 12.3. The van der Waals surface area contributed by atoms with Crippen molar-refractivity contribution in [2.45, 2.75) is 25.8 Å². The van der Waals surface area contributed by atoms with E-state index in [1.165, 1.54) is 0 Å². The van der Waals surface area contributed by atoms with Crippen molar-refractivity contribution in [1.82, 2.24) is 10.2 Å². The van der Waals surface area contributed by atoms with Gasteiger partial charge < -0.3 is 10.4 Å². The van der Waals surface area contributed by atoms with E-state index >= 15 is 0 Å². The number of hydrogen-bond donors (Lipinski definition) is 2. The SMILES string of the molecule is CC(NC(=O)CN1CCCC(C(=O)O)C1)c1ccccc1. The number of nitrogens with zero attached hydrogens (tertiary/aromatic N) is 1. The van der Waals surface area contributed by atoms with Crippen LogP contribution in [0.25, 0.3) is 0 Å². The molecule has 114 valence electrons. The minimum absolute atomic E-state index is 0.0428. The van der Waals surface area contributed by atoms with Gasteiger partial charge in [-0.1, -0.05) is 30.3 Å². The highest BCUT2D eigenvalue weighted by Gasteiger charge is 2.26. The van der Waals surface area contributed by atoms with Crippen LogP contribution >= 0.6 is 0 Å². The number of benzene rings is 1.